The van der Waals surface area contributed by atoms with Gasteiger partial charge in [-0.3, -0.25) is 4.79 Å². The molecule has 4 nitrogen and oxygen atoms in total. The molecule has 1 aromatic carbocycles. The Kier molecular flexibility index (Phi) is 4.52. The van der Waals surface area contributed by atoms with E-state index in [0.717, 1.165) is 5.56 Å². The molecule has 0 unspecified atom stereocenters. The van der Waals surface area contributed by atoms with Crippen LogP contribution in [0.3, 0.4) is 0 Å². The number of amides is 1. The van der Waals surface area contributed by atoms with Crippen LogP contribution in [0.2, 0.25) is 0 Å². The molecule has 0 aliphatic carbocycles. The molecule has 4 heteroatoms. The predicted molar refractivity (Wildman–Crippen MR) is 66.2 cm³/mol. The average molecular weight is 237 g/mol. The fourth-order valence-electron chi connectivity index (χ4n) is 1.82. The SMILES string of the molecule is CCN(CCO)C(=O)c1cc(C)cc(C)c1O. The van der Waals surface area contributed by atoms with Crippen molar-refractivity contribution in [1.82, 2.24) is 4.90 Å². The number of phenols is 1. The molecule has 0 aromatic heterocycles. The van der Waals surface area contributed by atoms with Crippen molar-refractivity contribution in [3.8, 4) is 5.75 Å². The number of aromatic hydroxyl groups is 1. The highest BCUT2D eigenvalue weighted by molar-refractivity contribution is 5.97. The first-order valence-corrected chi connectivity index (χ1v) is 5.71. The first-order valence-electron chi connectivity index (χ1n) is 5.71. The van der Waals surface area contributed by atoms with E-state index in [-0.39, 0.29) is 24.8 Å². The van der Waals surface area contributed by atoms with Crippen LogP contribution in [0.5, 0.6) is 5.75 Å². The maximum absolute atomic E-state index is 12.1. The van der Waals surface area contributed by atoms with Crippen LogP contribution in [-0.2, 0) is 0 Å². The standard InChI is InChI=1S/C13H19NO3/c1-4-14(5-6-15)13(17)11-8-9(2)7-10(3)12(11)16/h7-8,15-16H,4-6H2,1-3H3. The van der Waals surface area contributed by atoms with E-state index in [4.69, 9.17) is 5.11 Å². The maximum atomic E-state index is 12.1. The molecule has 0 aliphatic rings. The Hall–Kier alpha value is -1.55. The van der Waals surface area contributed by atoms with E-state index < -0.39 is 0 Å². The van der Waals surface area contributed by atoms with E-state index in [1.54, 1.807) is 13.0 Å². The third-order valence-electron chi connectivity index (χ3n) is 2.71. The first kappa shape index (κ1) is 13.5. The number of aliphatic hydroxyl groups excluding tert-OH is 1. The van der Waals surface area contributed by atoms with Gasteiger partial charge in [0.25, 0.3) is 5.91 Å². The smallest absolute Gasteiger partial charge is 0.257 e. The zero-order valence-electron chi connectivity index (χ0n) is 10.5. The number of aliphatic hydroxyl groups is 1. The minimum Gasteiger partial charge on any atom is -0.507 e. The largest absolute Gasteiger partial charge is 0.507 e. The molecule has 0 atom stereocenters. The van der Waals surface area contributed by atoms with Gasteiger partial charge < -0.3 is 15.1 Å². The second kappa shape index (κ2) is 5.68. The van der Waals surface area contributed by atoms with Crippen molar-refractivity contribution in [3.05, 3.63) is 28.8 Å². The summed E-state index contributed by atoms with van der Waals surface area (Å²) in [6.45, 7) is 6.19. The third kappa shape index (κ3) is 2.97. The topological polar surface area (TPSA) is 60.8 Å². The summed E-state index contributed by atoms with van der Waals surface area (Å²) in [7, 11) is 0. The third-order valence-corrected chi connectivity index (χ3v) is 2.71. The number of hydrogen-bond acceptors (Lipinski definition) is 3. The Bertz CT molecular complexity index is 415. The normalized spacial score (nSPS) is 10.4. The number of rotatable bonds is 4. The average Bonchev–Trinajstić information content (AvgIpc) is 2.29. The van der Waals surface area contributed by atoms with E-state index >= 15 is 0 Å². The monoisotopic (exact) mass is 237 g/mol. The zero-order valence-corrected chi connectivity index (χ0v) is 10.5. The van der Waals surface area contributed by atoms with Gasteiger partial charge in [-0.15, -0.1) is 0 Å². The molecule has 2 N–H and O–H groups in total. The van der Waals surface area contributed by atoms with E-state index in [1.807, 2.05) is 19.9 Å². The number of hydrogen-bond donors (Lipinski definition) is 2. The van der Waals surface area contributed by atoms with Gasteiger partial charge in [0.2, 0.25) is 0 Å². The second-order valence-corrected chi connectivity index (χ2v) is 4.09. The summed E-state index contributed by atoms with van der Waals surface area (Å²) in [4.78, 5) is 13.7. The van der Waals surface area contributed by atoms with Gasteiger partial charge >= 0.3 is 0 Å². The van der Waals surface area contributed by atoms with Gasteiger partial charge in [0.05, 0.1) is 12.2 Å². The highest BCUT2D eigenvalue weighted by Gasteiger charge is 2.18. The van der Waals surface area contributed by atoms with Crippen LogP contribution in [-0.4, -0.2) is 40.7 Å². The number of aryl methyl sites for hydroxylation is 2. The van der Waals surface area contributed by atoms with Gasteiger partial charge in [-0.25, -0.2) is 0 Å². The maximum Gasteiger partial charge on any atom is 0.257 e. The van der Waals surface area contributed by atoms with Crippen LogP contribution in [0, 0.1) is 13.8 Å². The molecule has 0 fully saturated rings. The quantitative estimate of drug-likeness (QED) is 0.833. The van der Waals surface area contributed by atoms with Crippen molar-refractivity contribution >= 4 is 5.91 Å². The molecular weight excluding hydrogens is 218 g/mol. The van der Waals surface area contributed by atoms with Crippen LogP contribution in [0.25, 0.3) is 0 Å². The minimum absolute atomic E-state index is 0.0250. The van der Waals surface area contributed by atoms with Crippen molar-refractivity contribution in [2.75, 3.05) is 19.7 Å². The van der Waals surface area contributed by atoms with Crippen molar-refractivity contribution in [2.45, 2.75) is 20.8 Å². The van der Waals surface area contributed by atoms with Gasteiger partial charge in [-0.05, 0) is 38.0 Å². The number of carbonyl (C=O) groups is 1. The lowest BCUT2D eigenvalue weighted by molar-refractivity contribution is 0.0728. The molecule has 1 rings (SSSR count). The van der Waals surface area contributed by atoms with Crippen molar-refractivity contribution < 1.29 is 15.0 Å². The summed E-state index contributed by atoms with van der Waals surface area (Å²) < 4.78 is 0. The van der Waals surface area contributed by atoms with Crippen LogP contribution in [0.4, 0.5) is 0 Å². The number of carbonyl (C=O) groups excluding carboxylic acids is 1. The molecule has 0 saturated heterocycles. The van der Waals surface area contributed by atoms with Gasteiger partial charge in [0.1, 0.15) is 5.75 Å². The van der Waals surface area contributed by atoms with Crippen LogP contribution in [0.15, 0.2) is 12.1 Å². The highest BCUT2D eigenvalue weighted by atomic mass is 16.3. The number of nitrogens with zero attached hydrogens (tertiary/aromatic N) is 1. The Labute approximate surface area is 101 Å². The summed E-state index contributed by atoms with van der Waals surface area (Å²) in [5.74, 6) is -0.220. The van der Waals surface area contributed by atoms with Gasteiger partial charge in [0.15, 0.2) is 0 Å². The molecule has 0 heterocycles. The van der Waals surface area contributed by atoms with Crippen LogP contribution < -0.4 is 0 Å². The Morgan fingerprint density at radius 1 is 1.35 bits per heavy atom. The van der Waals surface area contributed by atoms with Gasteiger partial charge in [-0.1, -0.05) is 6.07 Å². The van der Waals surface area contributed by atoms with Crippen LogP contribution in [0.1, 0.15) is 28.4 Å². The van der Waals surface area contributed by atoms with Crippen LogP contribution >= 0.6 is 0 Å². The van der Waals surface area contributed by atoms with E-state index in [0.29, 0.717) is 17.7 Å². The lowest BCUT2D eigenvalue weighted by atomic mass is 10.0. The summed E-state index contributed by atoms with van der Waals surface area (Å²) in [5, 5.41) is 18.8. The molecule has 0 aliphatic heterocycles. The summed E-state index contributed by atoms with van der Waals surface area (Å²) in [5.41, 5.74) is 1.93. The Balaban J connectivity index is 3.10. The van der Waals surface area contributed by atoms with Gasteiger partial charge in [-0.2, -0.15) is 0 Å². The van der Waals surface area contributed by atoms with Gasteiger partial charge in [0, 0.05) is 13.1 Å². The van der Waals surface area contributed by atoms with E-state index in [9.17, 15) is 9.90 Å². The van der Waals surface area contributed by atoms with E-state index in [1.165, 1.54) is 4.90 Å². The first-order chi connectivity index (χ1) is 8.01. The Morgan fingerprint density at radius 3 is 2.53 bits per heavy atom. The summed E-state index contributed by atoms with van der Waals surface area (Å²) in [6, 6.07) is 3.50. The lowest BCUT2D eigenvalue weighted by Crippen LogP contribution is -2.33. The second-order valence-electron chi connectivity index (χ2n) is 4.09. The molecule has 17 heavy (non-hydrogen) atoms. The lowest BCUT2D eigenvalue weighted by Gasteiger charge is -2.21. The molecule has 0 bridgehead atoms. The van der Waals surface area contributed by atoms with Crippen molar-refractivity contribution in [2.24, 2.45) is 0 Å². The fraction of sp³-hybridized carbons (Fsp3) is 0.462. The molecular formula is C13H19NO3. The molecule has 0 saturated carbocycles. The number of phenolic OH excluding ortho intramolecular Hbond substituents is 1. The summed E-state index contributed by atoms with van der Waals surface area (Å²) >= 11 is 0. The minimum atomic E-state index is -0.245. The highest BCUT2D eigenvalue weighted by Crippen LogP contribution is 2.24. The molecule has 1 amide bonds. The number of benzene rings is 1. The zero-order chi connectivity index (χ0) is 13.0. The fourth-order valence-corrected chi connectivity index (χ4v) is 1.82. The molecule has 0 spiro atoms. The van der Waals surface area contributed by atoms with Crippen molar-refractivity contribution in [1.29, 1.82) is 0 Å². The predicted octanol–water partition coefficient (Wildman–Crippen LogP) is 1.46. The van der Waals surface area contributed by atoms with Crippen molar-refractivity contribution in [3.63, 3.8) is 0 Å². The molecule has 0 radical (unpaired) electrons. The molecule has 1 aromatic rings. The number of likely N-dealkylation sites (N-methyl/N-ethyl adjacent to an activating group) is 1. The summed E-state index contributed by atoms with van der Waals surface area (Å²) in [6.07, 6.45) is 0. The van der Waals surface area contributed by atoms with E-state index in [2.05, 4.69) is 0 Å². The molecule has 94 valence electrons. The Morgan fingerprint density at radius 2 is 2.00 bits per heavy atom.